The van der Waals surface area contributed by atoms with E-state index in [1.54, 1.807) is 6.92 Å². The van der Waals surface area contributed by atoms with Crippen LogP contribution in [0.1, 0.15) is 85.5 Å². The van der Waals surface area contributed by atoms with Crippen LogP contribution in [0.4, 0.5) is 0 Å². The first-order valence-corrected chi connectivity index (χ1v) is 10.7. The summed E-state index contributed by atoms with van der Waals surface area (Å²) in [4.78, 5) is 0. The minimum atomic E-state index is -0.910. The molecule has 4 rings (SSSR count). The average Bonchev–Trinajstić information content (AvgIpc) is 2.82. The monoisotopic (exact) mass is 350 g/mol. The molecule has 3 N–H and O–H groups in total. The van der Waals surface area contributed by atoms with Crippen LogP contribution in [-0.2, 0) is 0 Å². The molecule has 0 saturated heterocycles. The zero-order chi connectivity index (χ0) is 18.3. The molecule has 4 saturated carbocycles. The second kappa shape index (κ2) is 5.45. The van der Waals surface area contributed by atoms with Gasteiger partial charge in [0.25, 0.3) is 0 Å². The van der Waals surface area contributed by atoms with Gasteiger partial charge in [0.15, 0.2) is 0 Å². The van der Waals surface area contributed by atoms with Crippen molar-refractivity contribution in [3.05, 3.63) is 0 Å². The molecule has 3 heteroatoms. The van der Waals surface area contributed by atoms with Crippen molar-refractivity contribution in [2.45, 2.75) is 103 Å². The third-order valence-corrected chi connectivity index (χ3v) is 10.3. The standard InChI is InChI=1S/C22H38O3/c1-14(23)22(25)12-8-18-16-6-9-19(2)13-15(24)5-10-20(19,3)17(16)7-11-21(18,22)4/h14-18,23-25H,5-13H2,1-4H3/t14-,15+,16+,17-,18+,19+,20-,21+,22+/m1/s1. The van der Waals surface area contributed by atoms with Crippen LogP contribution in [0.25, 0.3) is 0 Å². The van der Waals surface area contributed by atoms with Gasteiger partial charge in [-0.2, -0.15) is 0 Å². The number of hydrogen-bond donors (Lipinski definition) is 3. The van der Waals surface area contributed by atoms with Crippen molar-refractivity contribution in [1.29, 1.82) is 0 Å². The Morgan fingerprint density at radius 1 is 0.840 bits per heavy atom. The molecule has 3 nitrogen and oxygen atoms in total. The van der Waals surface area contributed by atoms with Gasteiger partial charge in [-0.15, -0.1) is 0 Å². The average molecular weight is 351 g/mol. The molecule has 0 spiro atoms. The number of fused-ring (bicyclic) bond motifs is 5. The van der Waals surface area contributed by atoms with Crippen LogP contribution in [0.2, 0.25) is 0 Å². The number of hydrogen-bond acceptors (Lipinski definition) is 3. The summed E-state index contributed by atoms with van der Waals surface area (Å²) in [6.07, 6.45) is 8.78. The van der Waals surface area contributed by atoms with Crippen molar-refractivity contribution in [2.75, 3.05) is 0 Å². The number of rotatable bonds is 1. The fourth-order valence-electron chi connectivity index (χ4n) is 8.35. The molecule has 0 unspecified atom stereocenters. The van der Waals surface area contributed by atoms with Crippen LogP contribution in [0.3, 0.4) is 0 Å². The lowest BCUT2D eigenvalue weighted by molar-refractivity contribution is -0.203. The molecule has 0 aromatic heterocycles. The van der Waals surface area contributed by atoms with Crippen molar-refractivity contribution in [1.82, 2.24) is 0 Å². The van der Waals surface area contributed by atoms with E-state index in [0.29, 0.717) is 23.2 Å². The largest absolute Gasteiger partial charge is 0.393 e. The van der Waals surface area contributed by atoms with Crippen LogP contribution in [-0.4, -0.2) is 33.1 Å². The van der Waals surface area contributed by atoms with Crippen molar-refractivity contribution >= 4 is 0 Å². The molecule has 25 heavy (non-hydrogen) atoms. The molecular formula is C22H38O3. The quantitative estimate of drug-likeness (QED) is 0.672. The lowest BCUT2D eigenvalue weighted by Gasteiger charge is -2.65. The molecule has 0 bridgehead atoms. The SMILES string of the molecule is C[C@@H](O)[C@@]1(O)CC[C@H]2[C@H]3CC[C@@]4(C)C[C@@H](O)CC[C@]4(C)[C@@H]3CC[C@@]21C. The van der Waals surface area contributed by atoms with E-state index < -0.39 is 11.7 Å². The van der Waals surface area contributed by atoms with Crippen LogP contribution < -0.4 is 0 Å². The highest BCUT2D eigenvalue weighted by molar-refractivity contribution is 5.16. The maximum Gasteiger partial charge on any atom is 0.0958 e. The van der Waals surface area contributed by atoms with Crippen molar-refractivity contribution in [3.63, 3.8) is 0 Å². The summed E-state index contributed by atoms with van der Waals surface area (Å²) >= 11 is 0. The lowest BCUT2D eigenvalue weighted by Crippen LogP contribution is -2.61. The molecule has 144 valence electrons. The highest BCUT2D eigenvalue weighted by atomic mass is 16.3. The summed E-state index contributed by atoms with van der Waals surface area (Å²) in [5.74, 6) is 1.94. The molecule has 9 atom stereocenters. The van der Waals surface area contributed by atoms with E-state index in [1.807, 2.05) is 0 Å². The Kier molecular flexibility index (Phi) is 3.98. The Bertz CT molecular complexity index is 547. The van der Waals surface area contributed by atoms with Gasteiger partial charge in [0.2, 0.25) is 0 Å². The van der Waals surface area contributed by atoms with Gasteiger partial charge in [0, 0.05) is 5.41 Å². The van der Waals surface area contributed by atoms with Crippen LogP contribution in [0.15, 0.2) is 0 Å². The summed E-state index contributed by atoms with van der Waals surface area (Å²) in [5.41, 5.74) is -0.464. The van der Waals surface area contributed by atoms with Crippen LogP contribution in [0.5, 0.6) is 0 Å². The second-order valence-electron chi connectivity index (χ2n) is 10.9. The summed E-state index contributed by atoms with van der Waals surface area (Å²) < 4.78 is 0. The van der Waals surface area contributed by atoms with Gasteiger partial charge in [0.05, 0.1) is 17.8 Å². The summed E-state index contributed by atoms with van der Waals surface area (Å²) in [6, 6.07) is 0. The normalized spacial score (nSPS) is 59.6. The Balaban J connectivity index is 1.67. The maximum absolute atomic E-state index is 11.3. The van der Waals surface area contributed by atoms with Gasteiger partial charge in [-0.3, -0.25) is 0 Å². The van der Waals surface area contributed by atoms with Gasteiger partial charge < -0.3 is 15.3 Å². The molecule has 0 aromatic rings. The van der Waals surface area contributed by atoms with Crippen molar-refractivity contribution in [2.24, 2.45) is 34.0 Å². The summed E-state index contributed by atoms with van der Waals surface area (Å²) in [5, 5.41) is 31.9. The number of aliphatic hydroxyl groups is 3. The maximum atomic E-state index is 11.3. The Morgan fingerprint density at radius 3 is 2.12 bits per heavy atom. The third kappa shape index (κ3) is 2.15. The van der Waals surface area contributed by atoms with E-state index in [9.17, 15) is 15.3 Å². The van der Waals surface area contributed by atoms with E-state index in [-0.39, 0.29) is 16.9 Å². The van der Waals surface area contributed by atoms with Gasteiger partial charge >= 0.3 is 0 Å². The van der Waals surface area contributed by atoms with Gasteiger partial charge in [-0.25, -0.2) is 0 Å². The predicted molar refractivity (Wildman–Crippen MR) is 99.0 cm³/mol. The minimum Gasteiger partial charge on any atom is -0.393 e. The van der Waals surface area contributed by atoms with Gasteiger partial charge in [-0.05, 0) is 93.3 Å². The van der Waals surface area contributed by atoms with Crippen LogP contribution in [0, 0.1) is 34.0 Å². The second-order valence-corrected chi connectivity index (χ2v) is 10.9. The minimum absolute atomic E-state index is 0.115. The Hall–Kier alpha value is -0.120. The van der Waals surface area contributed by atoms with Gasteiger partial charge in [0.1, 0.15) is 0 Å². The van der Waals surface area contributed by atoms with E-state index in [0.717, 1.165) is 38.5 Å². The first-order valence-electron chi connectivity index (χ1n) is 10.7. The zero-order valence-corrected chi connectivity index (χ0v) is 16.6. The highest BCUT2D eigenvalue weighted by Gasteiger charge is 2.67. The molecule has 0 amide bonds. The Labute approximate surface area is 153 Å². The molecule has 0 heterocycles. The predicted octanol–water partition coefficient (Wildman–Crippen LogP) is 3.89. The fourth-order valence-corrected chi connectivity index (χ4v) is 8.35. The van der Waals surface area contributed by atoms with Gasteiger partial charge in [-0.1, -0.05) is 20.8 Å². The van der Waals surface area contributed by atoms with E-state index in [1.165, 1.54) is 19.3 Å². The molecule has 0 aromatic carbocycles. The summed E-state index contributed by atoms with van der Waals surface area (Å²) in [7, 11) is 0. The molecule has 0 radical (unpaired) electrons. The zero-order valence-electron chi connectivity index (χ0n) is 16.6. The van der Waals surface area contributed by atoms with E-state index in [2.05, 4.69) is 20.8 Å². The van der Waals surface area contributed by atoms with E-state index in [4.69, 9.17) is 0 Å². The Morgan fingerprint density at radius 2 is 1.44 bits per heavy atom. The smallest absolute Gasteiger partial charge is 0.0958 e. The molecule has 4 fully saturated rings. The molecule has 4 aliphatic rings. The highest BCUT2D eigenvalue weighted by Crippen LogP contribution is 2.71. The topological polar surface area (TPSA) is 60.7 Å². The molecule has 0 aliphatic heterocycles. The molecule has 4 aliphatic carbocycles. The van der Waals surface area contributed by atoms with E-state index >= 15 is 0 Å². The van der Waals surface area contributed by atoms with Crippen LogP contribution >= 0.6 is 0 Å². The summed E-state index contributed by atoms with van der Waals surface area (Å²) in [6.45, 7) is 8.98. The fraction of sp³-hybridized carbons (Fsp3) is 1.00. The number of aliphatic hydroxyl groups excluding tert-OH is 2. The lowest BCUT2D eigenvalue weighted by atomic mass is 9.40. The first kappa shape index (κ1) is 18.3. The third-order valence-electron chi connectivity index (χ3n) is 10.3. The first-order chi connectivity index (χ1) is 11.6. The van der Waals surface area contributed by atoms with Crippen molar-refractivity contribution < 1.29 is 15.3 Å². The van der Waals surface area contributed by atoms with Crippen molar-refractivity contribution in [3.8, 4) is 0 Å². The molecular weight excluding hydrogens is 312 g/mol.